The molecule has 3 aliphatic rings. The molecular weight excluding hydrogens is 498 g/mol. The maximum absolute atomic E-state index is 13.8. The number of hydrogen-bond acceptors (Lipinski definition) is 5. The molecule has 10 heteroatoms. The third-order valence-corrected chi connectivity index (χ3v) is 8.44. The number of rotatable bonds is 11. The summed E-state index contributed by atoms with van der Waals surface area (Å²) < 4.78 is 0. The number of hydrogen-bond donors (Lipinski definition) is 4. The van der Waals surface area contributed by atoms with Crippen LogP contribution in [0.2, 0.25) is 0 Å². The number of ketones is 1. The quantitative estimate of drug-likeness (QED) is 0.295. The summed E-state index contributed by atoms with van der Waals surface area (Å²) >= 11 is 0. The first-order valence-electron chi connectivity index (χ1n) is 14.9. The fourth-order valence-corrected chi connectivity index (χ4v) is 5.79. The molecule has 2 saturated carbocycles. The molecule has 0 aromatic carbocycles. The van der Waals surface area contributed by atoms with Crippen molar-refractivity contribution in [3.63, 3.8) is 0 Å². The van der Waals surface area contributed by atoms with Crippen LogP contribution in [0, 0.1) is 5.41 Å². The van der Waals surface area contributed by atoms with Crippen molar-refractivity contribution in [2.75, 3.05) is 6.54 Å². The van der Waals surface area contributed by atoms with Gasteiger partial charge in [-0.1, -0.05) is 60.3 Å². The van der Waals surface area contributed by atoms with Gasteiger partial charge in [0.1, 0.15) is 12.1 Å². The van der Waals surface area contributed by atoms with Gasteiger partial charge in [-0.2, -0.15) is 0 Å². The average Bonchev–Trinajstić information content (AvgIpc) is 3.56. The summed E-state index contributed by atoms with van der Waals surface area (Å²) in [5.41, 5.74) is -0.845. The Labute approximate surface area is 233 Å². The zero-order valence-electron chi connectivity index (χ0n) is 24.5. The van der Waals surface area contributed by atoms with Crippen molar-refractivity contribution in [1.29, 1.82) is 0 Å². The lowest BCUT2D eigenvalue weighted by Gasteiger charge is -2.39. The lowest BCUT2D eigenvalue weighted by molar-refractivity contribution is -0.143. The number of carbonyl (C=O) groups is 5. The molecule has 3 fully saturated rings. The van der Waals surface area contributed by atoms with E-state index < -0.39 is 41.1 Å². The maximum Gasteiger partial charge on any atom is 0.315 e. The molecule has 5 amide bonds. The van der Waals surface area contributed by atoms with Gasteiger partial charge in [0, 0.05) is 18.1 Å². The minimum atomic E-state index is -0.929. The van der Waals surface area contributed by atoms with Crippen molar-refractivity contribution < 1.29 is 24.0 Å². The van der Waals surface area contributed by atoms with Gasteiger partial charge >= 0.3 is 6.03 Å². The van der Waals surface area contributed by atoms with Gasteiger partial charge in [0.05, 0.1) is 6.04 Å². The monoisotopic (exact) mass is 547 g/mol. The van der Waals surface area contributed by atoms with E-state index in [1.54, 1.807) is 0 Å². The van der Waals surface area contributed by atoms with Crippen molar-refractivity contribution in [3.8, 4) is 0 Å². The van der Waals surface area contributed by atoms with E-state index >= 15 is 0 Å². The van der Waals surface area contributed by atoms with Crippen molar-refractivity contribution in [1.82, 2.24) is 26.2 Å². The van der Waals surface area contributed by atoms with E-state index in [9.17, 15) is 24.0 Å². The maximum atomic E-state index is 13.8. The van der Waals surface area contributed by atoms with Gasteiger partial charge in [-0.05, 0) is 56.8 Å². The Hall–Kier alpha value is -2.65. The molecule has 10 nitrogen and oxygen atoms in total. The Morgan fingerprint density at radius 3 is 2.15 bits per heavy atom. The second-order valence-electron chi connectivity index (χ2n) is 12.7. The van der Waals surface area contributed by atoms with E-state index in [1.807, 2.05) is 27.7 Å². The summed E-state index contributed by atoms with van der Waals surface area (Å²) in [4.78, 5) is 67.0. The van der Waals surface area contributed by atoms with Crippen molar-refractivity contribution in [2.24, 2.45) is 5.41 Å². The van der Waals surface area contributed by atoms with E-state index in [2.05, 4.69) is 28.2 Å². The number of nitrogens with zero attached hydrogens (tertiary/aromatic N) is 1. The van der Waals surface area contributed by atoms with Gasteiger partial charge in [-0.15, -0.1) is 0 Å². The van der Waals surface area contributed by atoms with Crippen LogP contribution in [0.4, 0.5) is 4.79 Å². The summed E-state index contributed by atoms with van der Waals surface area (Å²) in [5.74, 6) is -2.06. The molecule has 1 heterocycles. The zero-order valence-corrected chi connectivity index (χ0v) is 24.5. The fourth-order valence-electron chi connectivity index (χ4n) is 5.79. The van der Waals surface area contributed by atoms with Crippen LogP contribution in [0.3, 0.4) is 0 Å². The standard InChI is InChI=1S/C29H49N5O5/c1-6-12-20(22(35)25(37)30-19-14-15-19)31-24(36)21-13-11-18-34(21)26(38)23(28(3,4)5)32-27(39)33-29(7-2)16-9-8-10-17-29/h19-21,23H,6-18H2,1-5H3,(H,30,37)(H,31,36)(H2,32,33,39)/t20?,21-,23+/m0/s1. The molecule has 3 atom stereocenters. The van der Waals surface area contributed by atoms with Gasteiger partial charge in [-0.3, -0.25) is 19.2 Å². The molecule has 0 radical (unpaired) electrons. The normalized spacial score (nSPS) is 22.4. The zero-order chi connectivity index (χ0) is 28.8. The van der Waals surface area contributed by atoms with E-state index in [4.69, 9.17) is 0 Å². The van der Waals surface area contributed by atoms with Crippen LogP contribution in [-0.4, -0.2) is 70.7 Å². The minimum absolute atomic E-state index is 0.0479. The van der Waals surface area contributed by atoms with Gasteiger partial charge in [0.2, 0.25) is 17.6 Å². The Balaban J connectivity index is 1.68. The molecule has 4 N–H and O–H groups in total. The predicted molar refractivity (Wildman–Crippen MR) is 149 cm³/mol. The molecule has 0 aromatic heterocycles. The van der Waals surface area contributed by atoms with Crippen molar-refractivity contribution >= 4 is 29.5 Å². The number of nitrogens with one attached hydrogen (secondary N) is 4. The topological polar surface area (TPSA) is 137 Å². The minimum Gasteiger partial charge on any atom is -0.347 e. The molecule has 1 unspecified atom stereocenters. The molecule has 39 heavy (non-hydrogen) atoms. The van der Waals surface area contributed by atoms with E-state index in [0.717, 1.165) is 44.9 Å². The molecule has 0 bridgehead atoms. The highest BCUT2D eigenvalue weighted by molar-refractivity contribution is 6.38. The average molecular weight is 548 g/mol. The Kier molecular flexibility index (Phi) is 10.4. The fraction of sp³-hybridized carbons (Fsp3) is 0.828. The summed E-state index contributed by atoms with van der Waals surface area (Å²) in [6, 6.07) is -2.83. The molecule has 0 aromatic rings. The van der Waals surface area contributed by atoms with Crippen LogP contribution in [0.5, 0.6) is 0 Å². The Morgan fingerprint density at radius 2 is 1.59 bits per heavy atom. The van der Waals surface area contributed by atoms with E-state index in [1.165, 1.54) is 11.3 Å². The summed E-state index contributed by atoms with van der Waals surface area (Å²) in [6.07, 6.45) is 9.79. The van der Waals surface area contributed by atoms with Crippen LogP contribution in [0.1, 0.15) is 112 Å². The molecular formula is C29H49N5O5. The highest BCUT2D eigenvalue weighted by Crippen LogP contribution is 2.31. The van der Waals surface area contributed by atoms with Crippen LogP contribution < -0.4 is 21.3 Å². The van der Waals surface area contributed by atoms with Crippen molar-refractivity contribution in [3.05, 3.63) is 0 Å². The molecule has 1 aliphatic heterocycles. The molecule has 1 saturated heterocycles. The summed E-state index contributed by atoms with van der Waals surface area (Å²) in [7, 11) is 0. The first kappa shape index (κ1) is 30.9. The van der Waals surface area contributed by atoms with Gasteiger partial charge in [0.25, 0.3) is 5.91 Å². The number of urea groups is 1. The molecule has 220 valence electrons. The summed E-state index contributed by atoms with van der Waals surface area (Å²) in [5, 5.41) is 11.6. The van der Waals surface area contributed by atoms with E-state index in [0.29, 0.717) is 32.2 Å². The number of carbonyl (C=O) groups excluding carboxylic acids is 5. The van der Waals surface area contributed by atoms with Gasteiger partial charge < -0.3 is 26.2 Å². The lowest BCUT2D eigenvalue weighted by Crippen LogP contribution is -2.62. The van der Waals surface area contributed by atoms with E-state index in [-0.39, 0.29) is 23.5 Å². The number of amides is 5. The Morgan fingerprint density at radius 1 is 0.923 bits per heavy atom. The van der Waals surface area contributed by atoms with Crippen LogP contribution >= 0.6 is 0 Å². The lowest BCUT2D eigenvalue weighted by atomic mass is 9.80. The largest absolute Gasteiger partial charge is 0.347 e. The number of likely N-dealkylation sites (tertiary alicyclic amines) is 1. The Bertz CT molecular complexity index is 920. The highest BCUT2D eigenvalue weighted by atomic mass is 16.2. The highest BCUT2D eigenvalue weighted by Gasteiger charge is 2.43. The van der Waals surface area contributed by atoms with Crippen LogP contribution in [0.25, 0.3) is 0 Å². The third kappa shape index (κ3) is 8.18. The molecule has 2 aliphatic carbocycles. The summed E-state index contributed by atoms with van der Waals surface area (Å²) in [6.45, 7) is 10.0. The van der Waals surface area contributed by atoms with Crippen LogP contribution in [-0.2, 0) is 19.2 Å². The molecule has 0 spiro atoms. The number of Topliss-reactive ketones (excluding diaryl/α,β-unsaturated/α-hetero) is 1. The first-order valence-corrected chi connectivity index (χ1v) is 14.9. The smallest absolute Gasteiger partial charge is 0.315 e. The van der Waals surface area contributed by atoms with Gasteiger partial charge in [-0.25, -0.2) is 4.79 Å². The second kappa shape index (κ2) is 13.1. The van der Waals surface area contributed by atoms with Gasteiger partial charge in [0.15, 0.2) is 0 Å². The first-order chi connectivity index (χ1) is 18.4. The van der Waals surface area contributed by atoms with Crippen LogP contribution in [0.15, 0.2) is 0 Å². The third-order valence-electron chi connectivity index (χ3n) is 8.44. The SMILES string of the molecule is CCCC(NC(=O)[C@@H]1CCCN1C(=O)[C@@H](NC(=O)NC1(CC)CCCCC1)C(C)(C)C)C(=O)C(=O)NC1CC1. The van der Waals surface area contributed by atoms with Crippen molar-refractivity contribution in [2.45, 2.75) is 141 Å². The molecule has 3 rings (SSSR count). The second-order valence-corrected chi connectivity index (χ2v) is 12.7. The predicted octanol–water partition coefficient (Wildman–Crippen LogP) is 2.94.